The number of unbranched alkanes of at least 4 members (excludes halogenated alkanes) is 1. The van der Waals surface area contributed by atoms with Gasteiger partial charge in [-0.05, 0) is 19.9 Å². The van der Waals surface area contributed by atoms with Gasteiger partial charge >= 0.3 is 0 Å². The van der Waals surface area contributed by atoms with Gasteiger partial charge in [0.25, 0.3) is 0 Å². The smallest absolute Gasteiger partial charge is 0.0940 e. The monoisotopic (exact) mass is 198 g/mol. The highest BCUT2D eigenvalue weighted by Crippen LogP contribution is 2.08. The number of nitrogens with zero attached hydrogens (tertiary/aromatic N) is 1. The lowest BCUT2D eigenvalue weighted by atomic mass is 10.3. The minimum absolute atomic E-state index is 1.06. The van der Waals surface area contributed by atoms with E-state index in [1.54, 1.807) is 11.3 Å². The van der Waals surface area contributed by atoms with E-state index in [2.05, 4.69) is 22.6 Å². The summed E-state index contributed by atoms with van der Waals surface area (Å²) in [4.78, 5) is 4.41. The van der Waals surface area contributed by atoms with Gasteiger partial charge in [0.15, 0.2) is 0 Å². The third-order valence-corrected chi connectivity index (χ3v) is 2.92. The molecule has 3 heteroatoms. The van der Waals surface area contributed by atoms with Crippen LogP contribution in [-0.4, -0.2) is 18.1 Å². The van der Waals surface area contributed by atoms with Crippen molar-refractivity contribution in [3.8, 4) is 0 Å². The molecule has 0 fully saturated rings. The molecule has 0 saturated carbocycles. The molecule has 0 aliphatic rings. The molecule has 0 aromatic carbocycles. The van der Waals surface area contributed by atoms with Crippen molar-refractivity contribution in [2.75, 3.05) is 13.1 Å². The second-order valence-corrected chi connectivity index (χ2v) is 4.18. The molecule has 0 unspecified atom stereocenters. The summed E-state index contributed by atoms with van der Waals surface area (Å²) in [7, 11) is 0. The van der Waals surface area contributed by atoms with Crippen LogP contribution in [0.5, 0.6) is 0 Å². The maximum Gasteiger partial charge on any atom is 0.0940 e. The minimum Gasteiger partial charge on any atom is -0.316 e. The highest BCUT2D eigenvalue weighted by molar-refractivity contribution is 7.09. The van der Waals surface area contributed by atoms with E-state index in [1.165, 1.54) is 17.8 Å². The van der Waals surface area contributed by atoms with Crippen LogP contribution in [0.25, 0.3) is 0 Å². The van der Waals surface area contributed by atoms with Gasteiger partial charge < -0.3 is 5.32 Å². The standard InChI is InChI=1S/C10H18N2S/c1-3-4-6-11-7-5-10-12-9(2)8-13-10/h8,11H,3-7H2,1-2H3. The van der Waals surface area contributed by atoms with Crippen molar-refractivity contribution >= 4 is 11.3 Å². The van der Waals surface area contributed by atoms with Crippen molar-refractivity contribution in [3.05, 3.63) is 16.1 Å². The molecule has 1 N–H and O–H groups in total. The Morgan fingerprint density at radius 3 is 2.92 bits per heavy atom. The molecule has 0 radical (unpaired) electrons. The van der Waals surface area contributed by atoms with Crippen LogP contribution in [0.1, 0.15) is 30.5 Å². The predicted octanol–water partition coefficient (Wildman–Crippen LogP) is 2.38. The summed E-state index contributed by atoms with van der Waals surface area (Å²) in [5, 5.41) is 6.77. The van der Waals surface area contributed by atoms with Gasteiger partial charge in [-0.25, -0.2) is 4.98 Å². The lowest BCUT2D eigenvalue weighted by Gasteiger charge is -2.00. The fourth-order valence-corrected chi connectivity index (χ4v) is 1.92. The highest BCUT2D eigenvalue weighted by atomic mass is 32.1. The molecule has 1 aromatic heterocycles. The highest BCUT2D eigenvalue weighted by Gasteiger charge is 1.96. The summed E-state index contributed by atoms with van der Waals surface area (Å²) < 4.78 is 0. The molecule has 0 aliphatic heterocycles. The summed E-state index contributed by atoms with van der Waals surface area (Å²) in [6, 6.07) is 0. The van der Waals surface area contributed by atoms with E-state index in [4.69, 9.17) is 0 Å². The third kappa shape index (κ3) is 4.39. The van der Waals surface area contributed by atoms with Gasteiger partial charge in [0.1, 0.15) is 0 Å². The number of thiazole rings is 1. The van der Waals surface area contributed by atoms with E-state index >= 15 is 0 Å². The molecule has 1 aromatic rings. The van der Waals surface area contributed by atoms with Gasteiger partial charge in [-0.15, -0.1) is 11.3 Å². The zero-order chi connectivity index (χ0) is 9.52. The van der Waals surface area contributed by atoms with Crippen molar-refractivity contribution in [2.45, 2.75) is 33.1 Å². The van der Waals surface area contributed by atoms with E-state index in [0.717, 1.165) is 25.2 Å². The van der Waals surface area contributed by atoms with Crippen LogP contribution in [0.2, 0.25) is 0 Å². The maximum absolute atomic E-state index is 4.41. The molecular weight excluding hydrogens is 180 g/mol. The SMILES string of the molecule is CCCCNCCc1nc(C)cs1. The molecule has 1 heterocycles. The average Bonchev–Trinajstić information content (AvgIpc) is 2.51. The van der Waals surface area contributed by atoms with E-state index in [9.17, 15) is 0 Å². The van der Waals surface area contributed by atoms with Crippen LogP contribution in [0.15, 0.2) is 5.38 Å². The normalized spacial score (nSPS) is 10.6. The predicted molar refractivity (Wildman–Crippen MR) is 58.3 cm³/mol. The molecule has 0 saturated heterocycles. The summed E-state index contributed by atoms with van der Waals surface area (Å²) in [5.74, 6) is 0. The van der Waals surface area contributed by atoms with Gasteiger partial charge in [0.2, 0.25) is 0 Å². The third-order valence-electron chi connectivity index (χ3n) is 1.89. The van der Waals surface area contributed by atoms with Crippen LogP contribution in [0, 0.1) is 6.92 Å². The Balaban J connectivity index is 2.06. The van der Waals surface area contributed by atoms with Gasteiger partial charge in [-0.2, -0.15) is 0 Å². The number of hydrogen-bond acceptors (Lipinski definition) is 3. The number of nitrogens with one attached hydrogen (secondary N) is 1. The molecule has 13 heavy (non-hydrogen) atoms. The summed E-state index contributed by atoms with van der Waals surface area (Å²) >= 11 is 1.76. The van der Waals surface area contributed by atoms with Gasteiger partial charge in [0, 0.05) is 24.0 Å². The molecule has 0 amide bonds. The lowest BCUT2D eigenvalue weighted by molar-refractivity contribution is 0.639. The molecule has 1 rings (SSSR count). The second-order valence-electron chi connectivity index (χ2n) is 3.24. The summed E-state index contributed by atoms with van der Waals surface area (Å²) in [6.07, 6.45) is 3.61. The lowest BCUT2D eigenvalue weighted by Crippen LogP contribution is -2.18. The number of aromatic nitrogens is 1. The Labute approximate surface area is 84.4 Å². The molecule has 0 aliphatic carbocycles. The molecule has 0 bridgehead atoms. The molecule has 0 atom stereocenters. The Kier molecular flexibility index (Phi) is 5.01. The first kappa shape index (κ1) is 10.7. The van der Waals surface area contributed by atoms with Crippen LogP contribution in [0.4, 0.5) is 0 Å². The zero-order valence-electron chi connectivity index (χ0n) is 8.47. The Bertz CT molecular complexity index is 233. The van der Waals surface area contributed by atoms with E-state index in [-0.39, 0.29) is 0 Å². The number of rotatable bonds is 6. The van der Waals surface area contributed by atoms with Crippen LogP contribution >= 0.6 is 11.3 Å². The van der Waals surface area contributed by atoms with E-state index < -0.39 is 0 Å². The minimum atomic E-state index is 1.06. The van der Waals surface area contributed by atoms with Crippen molar-refractivity contribution < 1.29 is 0 Å². The Morgan fingerprint density at radius 2 is 2.31 bits per heavy atom. The topological polar surface area (TPSA) is 24.9 Å². The fraction of sp³-hybridized carbons (Fsp3) is 0.700. The first-order valence-corrected chi connectivity index (χ1v) is 5.82. The average molecular weight is 198 g/mol. The summed E-state index contributed by atoms with van der Waals surface area (Å²) in [6.45, 7) is 6.46. The van der Waals surface area contributed by atoms with Crippen LogP contribution in [-0.2, 0) is 6.42 Å². The second kappa shape index (κ2) is 6.11. The first-order valence-electron chi connectivity index (χ1n) is 4.94. The first-order chi connectivity index (χ1) is 6.33. The maximum atomic E-state index is 4.41. The van der Waals surface area contributed by atoms with Crippen LogP contribution in [0.3, 0.4) is 0 Å². The van der Waals surface area contributed by atoms with Crippen LogP contribution < -0.4 is 5.32 Å². The van der Waals surface area contributed by atoms with Crippen molar-refractivity contribution in [1.82, 2.24) is 10.3 Å². The van der Waals surface area contributed by atoms with E-state index in [1.807, 2.05) is 6.92 Å². The molecular formula is C10H18N2S. The van der Waals surface area contributed by atoms with Gasteiger partial charge in [-0.1, -0.05) is 13.3 Å². The van der Waals surface area contributed by atoms with Gasteiger partial charge in [-0.3, -0.25) is 0 Å². The number of aryl methyl sites for hydroxylation is 1. The Hall–Kier alpha value is -0.410. The summed E-state index contributed by atoms with van der Waals surface area (Å²) in [5.41, 5.74) is 1.15. The molecule has 74 valence electrons. The Morgan fingerprint density at radius 1 is 1.46 bits per heavy atom. The zero-order valence-corrected chi connectivity index (χ0v) is 9.28. The molecule has 0 spiro atoms. The van der Waals surface area contributed by atoms with Crippen molar-refractivity contribution in [2.24, 2.45) is 0 Å². The van der Waals surface area contributed by atoms with Crippen molar-refractivity contribution in [1.29, 1.82) is 0 Å². The quantitative estimate of drug-likeness (QED) is 0.710. The van der Waals surface area contributed by atoms with Crippen molar-refractivity contribution in [3.63, 3.8) is 0 Å². The van der Waals surface area contributed by atoms with Gasteiger partial charge in [0.05, 0.1) is 5.01 Å². The number of hydrogen-bond donors (Lipinski definition) is 1. The van der Waals surface area contributed by atoms with E-state index in [0.29, 0.717) is 0 Å². The molecule has 2 nitrogen and oxygen atoms in total. The fourth-order valence-electron chi connectivity index (χ4n) is 1.14. The largest absolute Gasteiger partial charge is 0.316 e.